The van der Waals surface area contributed by atoms with E-state index in [0.717, 1.165) is 11.1 Å². The number of hydrogen-bond acceptors (Lipinski definition) is 11. The second kappa shape index (κ2) is 17.3. The number of aliphatic hydroxyl groups excluding tert-OH is 2. The smallest absolute Gasteiger partial charge is 0.241 e. The van der Waals surface area contributed by atoms with E-state index in [1.165, 1.54) is 10.5 Å². The largest absolute Gasteiger partial charge is 0.491 e. The van der Waals surface area contributed by atoms with E-state index in [0.29, 0.717) is 41.9 Å². The van der Waals surface area contributed by atoms with E-state index >= 15 is 0 Å². The molecule has 4 aliphatic heterocycles. The van der Waals surface area contributed by atoms with Crippen molar-refractivity contribution in [2.45, 2.75) is 75.5 Å². The van der Waals surface area contributed by atoms with Crippen molar-refractivity contribution in [3.63, 3.8) is 0 Å². The Bertz CT molecular complexity index is 2180. The Labute approximate surface area is 356 Å². The van der Waals surface area contributed by atoms with Gasteiger partial charge in [-0.05, 0) is 82.8 Å². The Hall–Kier alpha value is -5.24. The van der Waals surface area contributed by atoms with Gasteiger partial charge in [-0.2, -0.15) is 0 Å². The van der Waals surface area contributed by atoms with Crippen LogP contribution in [0.25, 0.3) is 0 Å². The highest BCUT2D eigenvalue weighted by atomic mass is 16.6. The number of ether oxygens (including phenoxy) is 7. The number of aliphatic hydroxyl groups is 2. The quantitative estimate of drug-likeness (QED) is 0.0635. The lowest BCUT2D eigenvalue weighted by Crippen LogP contribution is -2.44. The predicted molar refractivity (Wildman–Crippen MR) is 227 cm³/mol. The fraction of sp³-hybridized carbons (Fsp3) is 0.429. The van der Waals surface area contributed by atoms with Crippen LogP contribution in [0, 0.1) is 11.8 Å². The van der Waals surface area contributed by atoms with Crippen LogP contribution in [-0.4, -0.2) is 98.3 Å². The van der Waals surface area contributed by atoms with Crippen LogP contribution in [0.5, 0.6) is 23.0 Å². The number of hydrogen-bond donors (Lipinski definition) is 2. The minimum absolute atomic E-state index is 0.00239. The van der Waals surface area contributed by atoms with Gasteiger partial charge in [0.25, 0.3) is 0 Å². The molecule has 3 saturated heterocycles. The molecule has 0 saturated carbocycles. The van der Waals surface area contributed by atoms with Gasteiger partial charge in [0.05, 0.1) is 43.4 Å². The molecule has 12 heteroatoms. The summed E-state index contributed by atoms with van der Waals surface area (Å²) in [5.74, 6) is 0.589. The number of nitrogens with zero attached hydrogens (tertiary/aromatic N) is 1. The van der Waals surface area contributed by atoms with Crippen LogP contribution in [-0.2, 0) is 34.6 Å². The average molecular weight is 834 g/mol. The zero-order valence-electron chi connectivity index (χ0n) is 35.3. The molecular formula is C49H55NO11. The highest BCUT2D eigenvalue weighted by Crippen LogP contribution is 2.52. The van der Waals surface area contributed by atoms with Gasteiger partial charge in [0.2, 0.25) is 11.8 Å². The highest BCUT2D eigenvalue weighted by Gasteiger charge is 2.68. The van der Waals surface area contributed by atoms with Gasteiger partial charge in [-0.1, -0.05) is 83.2 Å². The molecule has 4 heterocycles. The van der Waals surface area contributed by atoms with E-state index in [1.54, 1.807) is 24.3 Å². The zero-order chi connectivity index (χ0) is 42.9. The third kappa shape index (κ3) is 9.34. The lowest BCUT2D eigenvalue weighted by atomic mass is 9.77. The molecule has 0 aromatic heterocycles. The lowest BCUT2D eigenvalue weighted by Gasteiger charge is -2.29. The minimum atomic E-state index is -1.10. The van der Waals surface area contributed by atoms with Crippen molar-refractivity contribution in [2.75, 3.05) is 51.1 Å². The Kier molecular flexibility index (Phi) is 12.0. The predicted octanol–water partition coefficient (Wildman–Crippen LogP) is 6.18. The molecule has 4 aromatic rings. The number of rotatable bonds is 19. The fourth-order valence-corrected chi connectivity index (χ4v) is 8.15. The van der Waals surface area contributed by atoms with E-state index in [9.17, 15) is 19.8 Å². The molecule has 4 aromatic carbocycles. The van der Waals surface area contributed by atoms with Crippen LogP contribution >= 0.6 is 0 Å². The topological polar surface area (TPSA) is 146 Å². The van der Waals surface area contributed by atoms with E-state index < -0.39 is 35.7 Å². The minimum Gasteiger partial charge on any atom is -0.491 e. The first kappa shape index (κ1) is 42.5. The van der Waals surface area contributed by atoms with E-state index in [-0.39, 0.29) is 61.8 Å². The fourth-order valence-electron chi connectivity index (χ4n) is 8.15. The van der Waals surface area contributed by atoms with Gasteiger partial charge in [0.15, 0.2) is 0 Å². The summed E-state index contributed by atoms with van der Waals surface area (Å²) in [4.78, 5) is 28.5. The van der Waals surface area contributed by atoms with Crippen molar-refractivity contribution in [3.8, 4) is 23.0 Å². The molecule has 7 unspecified atom stereocenters. The summed E-state index contributed by atoms with van der Waals surface area (Å²) in [6.45, 7) is 12.1. The highest BCUT2D eigenvalue weighted by molar-refractivity contribution is 6.23. The molecule has 3 fully saturated rings. The third-order valence-electron chi connectivity index (χ3n) is 11.9. The van der Waals surface area contributed by atoms with Gasteiger partial charge in [0, 0.05) is 5.41 Å². The molecule has 0 radical (unpaired) electrons. The van der Waals surface area contributed by atoms with Crippen LogP contribution < -0.4 is 23.8 Å². The van der Waals surface area contributed by atoms with Crippen LogP contribution in [0.15, 0.2) is 109 Å². The number of amides is 2. The average Bonchev–Trinajstić information content (AvgIpc) is 3.82. The van der Waals surface area contributed by atoms with E-state index in [1.807, 2.05) is 84.9 Å². The van der Waals surface area contributed by atoms with E-state index in [4.69, 9.17) is 33.2 Å². The SMILES string of the molecule is CC(C)(C)c1ccc(OCC(O)COc2ccc(C(C)(C)c3ccc(OCC(O)COCC45C=CC(O4)C4C(=O)N(c6ccc(OCC7CO7)cc6)C(=O)C45)cc3)cc2)cc1. The van der Waals surface area contributed by atoms with Gasteiger partial charge < -0.3 is 43.4 Å². The number of anilines is 1. The molecule has 4 aliphatic rings. The number of carbonyl (C=O) groups excluding carboxylic acids is 2. The maximum Gasteiger partial charge on any atom is 0.241 e. The lowest BCUT2D eigenvalue weighted by molar-refractivity contribution is -0.130. The van der Waals surface area contributed by atoms with Crippen LogP contribution in [0.2, 0.25) is 0 Å². The number of benzene rings is 4. The second-order valence-electron chi connectivity index (χ2n) is 17.9. The number of imide groups is 1. The first-order valence-corrected chi connectivity index (χ1v) is 20.9. The van der Waals surface area contributed by atoms with E-state index in [2.05, 4.69) is 34.6 Å². The van der Waals surface area contributed by atoms with Gasteiger partial charge in [-0.25, -0.2) is 4.90 Å². The summed E-state index contributed by atoms with van der Waals surface area (Å²) < 4.78 is 40.6. The molecule has 12 nitrogen and oxygen atoms in total. The Morgan fingerprint density at radius 2 is 1.15 bits per heavy atom. The maximum atomic E-state index is 13.8. The van der Waals surface area contributed by atoms with Crippen molar-refractivity contribution >= 4 is 17.5 Å². The van der Waals surface area contributed by atoms with Crippen LogP contribution in [0.4, 0.5) is 5.69 Å². The normalized spacial score (nSPS) is 23.8. The number of carbonyl (C=O) groups is 2. The zero-order valence-corrected chi connectivity index (χ0v) is 35.3. The molecule has 2 bridgehead atoms. The summed E-state index contributed by atoms with van der Waals surface area (Å²) in [7, 11) is 0. The second-order valence-corrected chi connectivity index (χ2v) is 17.9. The molecular weight excluding hydrogens is 779 g/mol. The van der Waals surface area contributed by atoms with Gasteiger partial charge >= 0.3 is 0 Å². The molecule has 0 aliphatic carbocycles. The van der Waals surface area contributed by atoms with Crippen molar-refractivity contribution < 1.29 is 53.0 Å². The van der Waals surface area contributed by atoms with Crippen molar-refractivity contribution in [2.24, 2.45) is 11.8 Å². The summed E-state index contributed by atoms with van der Waals surface area (Å²) in [5.41, 5.74) is 2.48. The molecule has 322 valence electrons. The van der Waals surface area contributed by atoms with Gasteiger partial charge in [0.1, 0.15) is 73.3 Å². The Morgan fingerprint density at radius 3 is 1.66 bits per heavy atom. The van der Waals surface area contributed by atoms with Crippen LogP contribution in [0.3, 0.4) is 0 Å². The van der Waals surface area contributed by atoms with Crippen molar-refractivity contribution in [1.29, 1.82) is 0 Å². The third-order valence-corrected chi connectivity index (χ3v) is 11.9. The summed E-state index contributed by atoms with van der Waals surface area (Å²) in [5, 5.41) is 21.2. The number of epoxide rings is 1. The molecule has 2 N–H and O–H groups in total. The Balaban J connectivity index is 0.771. The van der Waals surface area contributed by atoms with Gasteiger partial charge in [-0.15, -0.1) is 0 Å². The molecule has 7 atom stereocenters. The van der Waals surface area contributed by atoms with Crippen molar-refractivity contribution in [3.05, 3.63) is 126 Å². The molecule has 8 rings (SSSR count). The monoisotopic (exact) mass is 833 g/mol. The number of fused-ring (bicyclic) bond motifs is 5. The van der Waals surface area contributed by atoms with Gasteiger partial charge in [-0.3, -0.25) is 9.59 Å². The summed E-state index contributed by atoms with van der Waals surface area (Å²) >= 11 is 0. The van der Waals surface area contributed by atoms with Crippen molar-refractivity contribution in [1.82, 2.24) is 0 Å². The Morgan fingerprint density at radius 1 is 0.672 bits per heavy atom. The summed E-state index contributed by atoms with van der Waals surface area (Å²) in [6.07, 6.45) is 1.50. The first-order chi connectivity index (χ1) is 29.2. The van der Waals surface area contributed by atoms with Crippen LogP contribution in [0.1, 0.15) is 51.3 Å². The summed E-state index contributed by atoms with van der Waals surface area (Å²) in [6, 6.07) is 30.4. The molecule has 2 amide bonds. The molecule has 0 spiro atoms. The molecule has 61 heavy (non-hydrogen) atoms. The first-order valence-electron chi connectivity index (χ1n) is 20.9. The standard InChI is InChI=1S/C49H55NO11/c1-47(2,3)31-6-14-37(15-7-31)57-26-36(52)27-58-39-18-10-33(11-19-39)48(4,5)32-8-16-38(17-9-32)56-25-35(51)24-55-30-49-23-22-42(61-49)43-44(49)46(54)50(45(43)53)34-12-20-40(21-13-34)59-28-41-29-60-41/h6-23,35-36,41-44,51-52H,24-30H2,1-5H3. The maximum absolute atomic E-state index is 13.8.